The summed E-state index contributed by atoms with van der Waals surface area (Å²) in [7, 11) is -0.320. The normalized spacial score (nSPS) is 20.7. The first kappa shape index (κ1) is 15.5. The van der Waals surface area contributed by atoms with E-state index in [1.165, 1.54) is 11.3 Å². The molecule has 1 aromatic heterocycles. The Balaban J connectivity index is 2.22. The topological polar surface area (TPSA) is 31.4 Å². The van der Waals surface area contributed by atoms with Crippen LogP contribution in [-0.2, 0) is 15.7 Å². The van der Waals surface area contributed by atoms with Crippen LogP contribution in [0, 0.1) is 12.8 Å². The molecular weight excluding hydrogens is 249 g/mol. The van der Waals surface area contributed by atoms with Gasteiger partial charge in [-0.05, 0) is 52.5 Å². The molecule has 0 aliphatic carbocycles. The Morgan fingerprint density at radius 1 is 1.15 bits per heavy atom. The predicted octanol–water partition coefficient (Wildman–Crippen LogP) is 2.89. The van der Waals surface area contributed by atoms with E-state index < -0.39 is 0 Å². The summed E-state index contributed by atoms with van der Waals surface area (Å²) in [5, 5.41) is 0. The molecule has 1 fully saturated rings. The quantitative estimate of drug-likeness (QED) is 0.795. The average molecular weight is 275 g/mol. The van der Waals surface area contributed by atoms with Crippen molar-refractivity contribution in [3.8, 4) is 0 Å². The van der Waals surface area contributed by atoms with Gasteiger partial charge < -0.3 is 9.31 Å². The zero-order valence-electron chi connectivity index (χ0n) is 13.8. The van der Waals surface area contributed by atoms with Gasteiger partial charge in [-0.1, -0.05) is 19.9 Å². The number of aromatic nitrogens is 1. The Hall–Kier alpha value is -0.865. The molecular formula is C16H26BNO2. The van der Waals surface area contributed by atoms with Crippen LogP contribution in [-0.4, -0.2) is 23.3 Å². The van der Waals surface area contributed by atoms with Gasteiger partial charge in [-0.15, -0.1) is 0 Å². The predicted molar refractivity (Wildman–Crippen MR) is 83.2 cm³/mol. The van der Waals surface area contributed by atoms with E-state index in [-0.39, 0.29) is 18.3 Å². The lowest BCUT2D eigenvalue weighted by Gasteiger charge is -2.32. The maximum Gasteiger partial charge on any atom is 0.496 e. The summed E-state index contributed by atoms with van der Waals surface area (Å²) in [4.78, 5) is 4.60. The monoisotopic (exact) mass is 275 g/mol. The molecule has 0 N–H and O–H groups in total. The summed E-state index contributed by atoms with van der Waals surface area (Å²) in [6.07, 6.45) is 2.91. The van der Waals surface area contributed by atoms with Gasteiger partial charge >= 0.3 is 7.12 Å². The second kappa shape index (κ2) is 5.16. The standard InChI is InChI=1S/C16H26BNO2/c1-11(2)8-14-12(3)9-13(10-18-14)17-19-15(4,5)16(6,7)20-17/h9-11H,8H2,1-7H3. The van der Waals surface area contributed by atoms with E-state index in [1.54, 1.807) is 0 Å². The molecule has 0 amide bonds. The van der Waals surface area contributed by atoms with Crippen LogP contribution in [0.2, 0.25) is 0 Å². The van der Waals surface area contributed by atoms with Crippen molar-refractivity contribution in [2.24, 2.45) is 5.92 Å². The molecule has 1 saturated heterocycles. The fourth-order valence-electron chi connectivity index (χ4n) is 2.33. The van der Waals surface area contributed by atoms with Crippen molar-refractivity contribution in [1.82, 2.24) is 4.98 Å². The summed E-state index contributed by atoms with van der Waals surface area (Å²) in [5.74, 6) is 0.615. The summed E-state index contributed by atoms with van der Waals surface area (Å²) >= 11 is 0. The highest BCUT2D eigenvalue weighted by atomic mass is 16.7. The highest BCUT2D eigenvalue weighted by Crippen LogP contribution is 2.36. The van der Waals surface area contributed by atoms with Gasteiger partial charge in [0, 0.05) is 17.4 Å². The van der Waals surface area contributed by atoms with Gasteiger partial charge in [0.1, 0.15) is 0 Å². The van der Waals surface area contributed by atoms with Crippen LogP contribution in [0.3, 0.4) is 0 Å². The molecule has 0 bridgehead atoms. The molecule has 2 heterocycles. The first-order valence-electron chi connectivity index (χ1n) is 7.43. The Labute approximate surface area is 123 Å². The number of hydrogen-bond donors (Lipinski definition) is 0. The van der Waals surface area contributed by atoms with Crippen molar-refractivity contribution in [2.75, 3.05) is 0 Å². The molecule has 4 heteroatoms. The maximum atomic E-state index is 6.06. The second-order valence-corrected chi connectivity index (χ2v) is 7.22. The van der Waals surface area contributed by atoms with Gasteiger partial charge in [-0.3, -0.25) is 4.98 Å². The van der Waals surface area contributed by atoms with E-state index in [9.17, 15) is 0 Å². The molecule has 0 atom stereocenters. The van der Waals surface area contributed by atoms with Crippen molar-refractivity contribution < 1.29 is 9.31 Å². The minimum atomic E-state index is -0.320. The molecule has 1 aliphatic rings. The fraction of sp³-hybridized carbons (Fsp3) is 0.688. The van der Waals surface area contributed by atoms with Crippen LogP contribution in [0.5, 0.6) is 0 Å². The molecule has 0 saturated carbocycles. The minimum Gasteiger partial charge on any atom is -0.399 e. The minimum absolute atomic E-state index is 0.303. The molecule has 2 rings (SSSR count). The summed E-state index contributed by atoms with van der Waals surface area (Å²) in [6.45, 7) is 14.8. The van der Waals surface area contributed by atoms with Crippen LogP contribution in [0.1, 0.15) is 52.8 Å². The third kappa shape index (κ3) is 2.91. The number of pyridine rings is 1. The van der Waals surface area contributed by atoms with E-state index in [2.05, 4.69) is 59.5 Å². The maximum absolute atomic E-state index is 6.06. The van der Waals surface area contributed by atoms with E-state index in [0.29, 0.717) is 5.92 Å². The Bertz CT molecular complexity index is 481. The lowest BCUT2D eigenvalue weighted by molar-refractivity contribution is 0.00578. The number of nitrogens with zero attached hydrogens (tertiary/aromatic N) is 1. The van der Waals surface area contributed by atoms with Crippen LogP contribution < -0.4 is 5.46 Å². The van der Waals surface area contributed by atoms with Crippen molar-refractivity contribution >= 4 is 12.6 Å². The molecule has 1 aliphatic heterocycles. The molecule has 0 unspecified atom stereocenters. The molecule has 1 aromatic rings. The third-order valence-corrected chi connectivity index (χ3v) is 4.33. The average Bonchev–Trinajstić information content (AvgIpc) is 2.50. The van der Waals surface area contributed by atoms with Crippen molar-refractivity contribution in [3.05, 3.63) is 23.5 Å². The lowest BCUT2D eigenvalue weighted by Crippen LogP contribution is -2.41. The summed E-state index contributed by atoms with van der Waals surface area (Å²) in [6, 6.07) is 2.15. The molecule has 0 aromatic carbocycles. The SMILES string of the molecule is Cc1cc(B2OC(C)(C)C(C)(C)O2)cnc1CC(C)C. The van der Waals surface area contributed by atoms with Crippen LogP contribution in [0.25, 0.3) is 0 Å². The fourth-order valence-corrected chi connectivity index (χ4v) is 2.33. The van der Waals surface area contributed by atoms with Crippen LogP contribution >= 0.6 is 0 Å². The van der Waals surface area contributed by atoms with Crippen molar-refractivity contribution in [1.29, 1.82) is 0 Å². The van der Waals surface area contributed by atoms with Gasteiger partial charge in [0.05, 0.1) is 11.2 Å². The van der Waals surface area contributed by atoms with Crippen molar-refractivity contribution in [2.45, 2.75) is 66.1 Å². The van der Waals surface area contributed by atoms with Gasteiger partial charge in [-0.2, -0.15) is 0 Å². The molecule has 0 radical (unpaired) electrons. The Morgan fingerprint density at radius 3 is 2.15 bits per heavy atom. The second-order valence-electron chi connectivity index (χ2n) is 7.22. The van der Waals surface area contributed by atoms with Gasteiger partial charge in [0.2, 0.25) is 0 Å². The first-order valence-corrected chi connectivity index (χ1v) is 7.43. The summed E-state index contributed by atoms with van der Waals surface area (Å²) in [5.41, 5.74) is 2.78. The molecule has 110 valence electrons. The zero-order chi connectivity index (χ0) is 15.1. The van der Waals surface area contributed by atoms with Gasteiger partial charge in [-0.25, -0.2) is 0 Å². The Morgan fingerprint density at radius 2 is 1.70 bits per heavy atom. The first-order chi connectivity index (χ1) is 9.12. The number of rotatable bonds is 3. The highest BCUT2D eigenvalue weighted by Gasteiger charge is 2.51. The highest BCUT2D eigenvalue weighted by molar-refractivity contribution is 6.62. The number of hydrogen-bond acceptors (Lipinski definition) is 3. The van der Waals surface area contributed by atoms with Gasteiger partial charge in [0.15, 0.2) is 0 Å². The molecule has 3 nitrogen and oxygen atoms in total. The van der Waals surface area contributed by atoms with Gasteiger partial charge in [0.25, 0.3) is 0 Å². The van der Waals surface area contributed by atoms with Crippen LogP contribution in [0.4, 0.5) is 0 Å². The zero-order valence-corrected chi connectivity index (χ0v) is 13.8. The molecule has 20 heavy (non-hydrogen) atoms. The van der Waals surface area contributed by atoms with Crippen molar-refractivity contribution in [3.63, 3.8) is 0 Å². The largest absolute Gasteiger partial charge is 0.496 e. The Kier molecular flexibility index (Phi) is 4.00. The summed E-state index contributed by atoms with van der Waals surface area (Å²) < 4.78 is 12.1. The van der Waals surface area contributed by atoms with E-state index in [1.807, 2.05) is 6.20 Å². The lowest BCUT2D eigenvalue weighted by atomic mass is 9.79. The van der Waals surface area contributed by atoms with E-state index >= 15 is 0 Å². The third-order valence-electron chi connectivity index (χ3n) is 4.33. The number of aryl methyl sites for hydroxylation is 1. The molecule has 0 spiro atoms. The smallest absolute Gasteiger partial charge is 0.399 e. The van der Waals surface area contributed by atoms with E-state index in [0.717, 1.165) is 11.9 Å². The van der Waals surface area contributed by atoms with E-state index in [4.69, 9.17) is 9.31 Å². The van der Waals surface area contributed by atoms with Crippen LogP contribution in [0.15, 0.2) is 12.3 Å².